The van der Waals surface area contributed by atoms with Gasteiger partial charge in [0, 0.05) is 91.3 Å². The van der Waals surface area contributed by atoms with E-state index in [-0.39, 0.29) is 17.1 Å². The van der Waals surface area contributed by atoms with Crippen molar-refractivity contribution in [1.29, 1.82) is 10.7 Å². The Balaban J connectivity index is 0.816. The number of pyridine rings is 1. The largest absolute Gasteiger partial charge is 0.494 e. The molecule has 0 bridgehead atoms. The van der Waals surface area contributed by atoms with Crippen molar-refractivity contribution in [2.75, 3.05) is 163 Å². The van der Waals surface area contributed by atoms with Crippen LogP contribution in [0.3, 0.4) is 0 Å². The number of piperidine rings is 1. The van der Waals surface area contributed by atoms with Crippen LogP contribution in [0.2, 0.25) is 0 Å². The highest BCUT2D eigenvalue weighted by atomic mass is 16.6. The van der Waals surface area contributed by atoms with Gasteiger partial charge in [0.05, 0.1) is 94.0 Å². The number of anilines is 1. The van der Waals surface area contributed by atoms with E-state index in [9.17, 15) is 19.6 Å². The monoisotopic (exact) mass is 965 g/mol. The number of ketones is 1. The van der Waals surface area contributed by atoms with Crippen molar-refractivity contribution in [3.8, 4) is 24.2 Å². The van der Waals surface area contributed by atoms with E-state index in [0.717, 1.165) is 89.5 Å². The third-order valence-electron chi connectivity index (χ3n) is 12.6. The standard InChI is InChI=1S/C50H68N12O8/c1-3-27-67-29-31-69-33-34-70-32-30-68-28-26-61-24-20-59(21-25-61)14-7-13-58-18-22-60(23-19-58)17-12-53-49(64)47(52)56-38-57-48-45-44(43(66-2)37-55-48)42(36-54-45)46(63)50(65)62-15-10-40(11-16-62)41(35-51)39-8-5-4-6-9-39/h1,4-6,8-9,36-38,54H,7,10-34H2,2H3,(H,53,64)(H2,52,55,56,57). The number of hydrogen-bond donors (Lipinski definition) is 4. The normalized spacial score (nSPS) is 16.3. The lowest BCUT2D eigenvalue weighted by Crippen LogP contribution is -2.50. The van der Waals surface area contributed by atoms with Gasteiger partial charge in [0.25, 0.3) is 17.6 Å². The van der Waals surface area contributed by atoms with Crippen LogP contribution < -0.4 is 15.4 Å². The minimum atomic E-state index is -0.708. The van der Waals surface area contributed by atoms with Gasteiger partial charge in [0.2, 0.25) is 5.84 Å². The highest BCUT2D eigenvalue weighted by molar-refractivity contribution is 6.45. The summed E-state index contributed by atoms with van der Waals surface area (Å²) in [6, 6.07) is 11.7. The number of piperazine rings is 2. The number of H-pyrrole nitrogens is 1. The maximum atomic E-state index is 13.7. The topological polar surface area (TPSA) is 226 Å². The second kappa shape index (κ2) is 29.2. The molecule has 0 unspecified atom stereocenters. The Morgan fingerprint density at radius 1 is 0.829 bits per heavy atom. The lowest BCUT2D eigenvalue weighted by atomic mass is 9.93. The summed E-state index contributed by atoms with van der Waals surface area (Å²) in [4.78, 5) is 62.6. The number of methoxy groups -OCH3 is 1. The van der Waals surface area contributed by atoms with Gasteiger partial charge in [-0.15, -0.1) is 6.42 Å². The molecule has 6 rings (SSSR count). The Morgan fingerprint density at radius 2 is 1.41 bits per heavy atom. The number of rotatable bonds is 26. The van der Waals surface area contributed by atoms with Gasteiger partial charge < -0.3 is 54.0 Å². The number of amidine groups is 1. The Labute approximate surface area is 410 Å². The van der Waals surface area contributed by atoms with Crippen molar-refractivity contribution >= 4 is 52.1 Å². The van der Waals surface area contributed by atoms with Gasteiger partial charge in [-0.1, -0.05) is 36.3 Å². The number of terminal acetylenes is 1. The van der Waals surface area contributed by atoms with Crippen LogP contribution in [0.25, 0.3) is 16.5 Å². The number of allylic oxidation sites excluding steroid dienone is 1. The van der Waals surface area contributed by atoms with Gasteiger partial charge in [0.1, 0.15) is 12.4 Å². The Hall–Kier alpha value is -6.07. The van der Waals surface area contributed by atoms with E-state index in [0.29, 0.717) is 108 Å². The van der Waals surface area contributed by atoms with Crippen LogP contribution in [0.5, 0.6) is 5.75 Å². The van der Waals surface area contributed by atoms with Gasteiger partial charge in [-0.2, -0.15) is 5.26 Å². The first-order valence-electron chi connectivity index (χ1n) is 24.1. The third-order valence-corrected chi connectivity index (χ3v) is 12.6. The number of nitriles is 1. The second-order valence-electron chi connectivity index (χ2n) is 17.0. The van der Waals surface area contributed by atoms with E-state index in [2.05, 4.69) is 57.2 Å². The zero-order chi connectivity index (χ0) is 49.3. The molecule has 2 aromatic heterocycles. The van der Waals surface area contributed by atoms with Crippen molar-refractivity contribution in [1.82, 2.24) is 39.8 Å². The molecular weight excluding hydrogens is 897 g/mol. The molecule has 0 saturated carbocycles. The molecule has 70 heavy (non-hydrogen) atoms. The number of amides is 2. The minimum absolute atomic E-state index is 0.119. The molecule has 3 aliphatic rings. The number of Topliss-reactive ketones (excluding diaryl/α,β-unsaturated/α-hetero) is 1. The van der Waals surface area contributed by atoms with Gasteiger partial charge in [0.15, 0.2) is 5.82 Å². The smallest absolute Gasteiger partial charge is 0.295 e. The Bertz CT molecular complexity index is 2300. The number of nitrogens with zero attached hydrogens (tertiary/aromatic N) is 8. The number of aromatic amines is 1. The molecule has 0 aliphatic carbocycles. The van der Waals surface area contributed by atoms with E-state index in [1.807, 2.05) is 30.3 Å². The maximum Gasteiger partial charge on any atom is 0.295 e. The molecule has 376 valence electrons. The highest BCUT2D eigenvalue weighted by Gasteiger charge is 2.30. The summed E-state index contributed by atoms with van der Waals surface area (Å²) in [6.07, 6.45) is 11.3. The summed E-state index contributed by atoms with van der Waals surface area (Å²) >= 11 is 0. The van der Waals surface area contributed by atoms with Crippen LogP contribution >= 0.6 is 0 Å². The Morgan fingerprint density at radius 3 is 2.01 bits per heavy atom. The summed E-state index contributed by atoms with van der Waals surface area (Å²) in [5.74, 6) is 0.512. The number of likely N-dealkylation sites (tertiary alicyclic amines) is 1. The summed E-state index contributed by atoms with van der Waals surface area (Å²) in [7, 11) is 1.44. The number of benzene rings is 1. The lowest BCUT2D eigenvalue weighted by molar-refractivity contribution is -0.126. The summed E-state index contributed by atoms with van der Waals surface area (Å²) < 4.78 is 27.4. The molecule has 0 atom stereocenters. The second-order valence-corrected chi connectivity index (χ2v) is 17.0. The molecule has 3 fully saturated rings. The van der Waals surface area contributed by atoms with Crippen molar-refractivity contribution in [2.24, 2.45) is 4.99 Å². The van der Waals surface area contributed by atoms with Crippen LogP contribution in [0.4, 0.5) is 5.82 Å². The lowest BCUT2D eigenvalue weighted by Gasteiger charge is -2.36. The SMILES string of the molecule is C#CCOCCOCCOCCOCCN1CCN(CCCN2CCN(CCNC(=O)C(=N)/N=C\Nc3ncc(OC)c4c(C(=O)C(=O)N5CCC(=C(C#N)c6ccccc6)CC5)c[nH]c34)CC2)CC1. The summed E-state index contributed by atoms with van der Waals surface area (Å²) in [6.45, 7) is 17.0. The fourth-order valence-electron chi connectivity index (χ4n) is 8.61. The zero-order valence-electron chi connectivity index (χ0n) is 40.4. The van der Waals surface area contributed by atoms with Gasteiger partial charge in [-0.05, 0) is 43.5 Å². The number of carbonyl (C=O) groups is 3. The quantitative estimate of drug-likeness (QED) is 0.0172. The molecule has 3 saturated heterocycles. The molecular formula is C50H68N12O8. The number of ether oxygens (including phenoxy) is 5. The van der Waals surface area contributed by atoms with Crippen LogP contribution in [0.1, 0.15) is 35.2 Å². The molecule has 3 aromatic rings. The van der Waals surface area contributed by atoms with Crippen LogP contribution in [0.15, 0.2) is 53.3 Å². The van der Waals surface area contributed by atoms with E-state index < -0.39 is 23.4 Å². The number of nitrogens with one attached hydrogen (secondary N) is 4. The van der Waals surface area contributed by atoms with Gasteiger partial charge in [-0.3, -0.25) is 29.6 Å². The third kappa shape index (κ3) is 16.3. The molecule has 2 amide bonds. The minimum Gasteiger partial charge on any atom is -0.494 e. The molecule has 1 aromatic carbocycles. The molecule has 0 radical (unpaired) electrons. The fourth-order valence-corrected chi connectivity index (χ4v) is 8.61. The predicted octanol–water partition coefficient (Wildman–Crippen LogP) is 2.21. The van der Waals surface area contributed by atoms with E-state index in [1.165, 1.54) is 30.7 Å². The summed E-state index contributed by atoms with van der Waals surface area (Å²) in [5, 5.41) is 24.1. The van der Waals surface area contributed by atoms with Crippen LogP contribution in [-0.4, -0.2) is 222 Å². The number of aromatic nitrogens is 2. The number of carbonyl (C=O) groups excluding carboxylic acids is 3. The van der Waals surface area contributed by atoms with Crippen molar-refractivity contribution in [3.05, 3.63) is 59.4 Å². The van der Waals surface area contributed by atoms with Crippen molar-refractivity contribution < 1.29 is 38.1 Å². The predicted molar refractivity (Wildman–Crippen MR) is 267 cm³/mol. The molecule has 0 spiro atoms. The first-order chi connectivity index (χ1) is 34.3. The number of fused-ring (bicyclic) bond motifs is 1. The number of hydrogen-bond acceptors (Lipinski definition) is 15. The van der Waals surface area contributed by atoms with Crippen molar-refractivity contribution in [2.45, 2.75) is 19.3 Å². The van der Waals surface area contributed by atoms with E-state index in [4.69, 9.17) is 35.5 Å². The average Bonchev–Trinajstić information content (AvgIpc) is 3.85. The van der Waals surface area contributed by atoms with Crippen LogP contribution in [0, 0.1) is 29.1 Å². The molecule has 4 N–H and O–H groups in total. The molecule has 5 heterocycles. The summed E-state index contributed by atoms with van der Waals surface area (Å²) in [5.41, 5.74) is 2.90. The number of aliphatic imine (C=N–C) groups is 1. The molecule has 3 aliphatic heterocycles. The fraction of sp³-hybridized carbons (Fsp3) is 0.540. The first-order valence-corrected chi connectivity index (χ1v) is 24.1. The van der Waals surface area contributed by atoms with Crippen LogP contribution in [-0.2, 0) is 28.5 Å². The van der Waals surface area contributed by atoms with E-state index >= 15 is 0 Å². The first kappa shape index (κ1) is 53.3. The molecule has 20 nitrogen and oxygen atoms in total. The average molecular weight is 965 g/mol. The molecule has 20 heteroatoms. The van der Waals surface area contributed by atoms with Gasteiger partial charge >= 0.3 is 0 Å². The maximum absolute atomic E-state index is 13.7. The zero-order valence-corrected chi connectivity index (χ0v) is 40.4. The Kier molecular flexibility index (Phi) is 22.2. The highest BCUT2D eigenvalue weighted by Crippen LogP contribution is 2.33. The van der Waals surface area contributed by atoms with Crippen molar-refractivity contribution in [3.63, 3.8) is 0 Å². The van der Waals surface area contributed by atoms with E-state index in [1.54, 1.807) is 0 Å². The van der Waals surface area contributed by atoms with Gasteiger partial charge in [-0.25, -0.2) is 9.98 Å².